The van der Waals surface area contributed by atoms with E-state index in [2.05, 4.69) is 4.90 Å². The van der Waals surface area contributed by atoms with Gasteiger partial charge in [0.1, 0.15) is 50.1 Å². The SMILES string of the molecule is COc1c(C)c2c(c(OC(=O)OCc3ccc(OC(=O)CCC(=O)OC(COC(C)=O)COC(C)=O)cc3)c1C/C=C(\C)CCC(=O)OCCN1CCOCC1)C(=O)OC2. The number of rotatable bonds is 21. The average Bonchev–Trinajstić information content (AvgIpc) is 3.62. The normalized spacial score (nSPS) is 13.8. The number of benzene rings is 2. The minimum Gasteiger partial charge on any atom is -0.496 e. The van der Waals surface area contributed by atoms with E-state index in [1.807, 2.05) is 13.0 Å². The third-order valence-electron chi connectivity index (χ3n) is 9.25. The van der Waals surface area contributed by atoms with Crippen molar-refractivity contribution in [2.75, 3.05) is 59.8 Å². The van der Waals surface area contributed by atoms with Crippen LogP contribution in [0.15, 0.2) is 35.9 Å². The third kappa shape index (κ3) is 15.0. The number of ether oxygens (including phenoxy) is 10. The summed E-state index contributed by atoms with van der Waals surface area (Å²) in [7, 11) is 1.47. The molecule has 2 aliphatic heterocycles. The fourth-order valence-corrected chi connectivity index (χ4v) is 6.06. The van der Waals surface area contributed by atoms with Gasteiger partial charge in [0, 0.05) is 51.0 Å². The van der Waals surface area contributed by atoms with E-state index in [1.54, 1.807) is 19.1 Å². The lowest BCUT2D eigenvalue weighted by Crippen LogP contribution is -2.38. The second kappa shape index (κ2) is 23.5. The summed E-state index contributed by atoms with van der Waals surface area (Å²) in [6.07, 6.45) is -0.193. The number of methoxy groups -OCH3 is 1. The molecule has 0 N–H and O–H groups in total. The van der Waals surface area contributed by atoms with Crippen LogP contribution in [0.25, 0.3) is 0 Å². The van der Waals surface area contributed by atoms with Crippen molar-refractivity contribution < 1.29 is 80.9 Å². The van der Waals surface area contributed by atoms with Gasteiger partial charge >= 0.3 is 42.0 Å². The summed E-state index contributed by atoms with van der Waals surface area (Å²) in [5.74, 6) is -3.25. The molecule has 4 rings (SSSR count). The standard InChI is InChI=1S/C42H51NO17/c1-26(7-13-35(46)53-21-18-43-16-19-52-20-17-43)6-12-33-39(51-5)27(2)34-25-56-41(49)38(34)40(33)60-42(50)57-22-30-8-10-31(11-9-30)58-36(47)14-15-37(48)59-32(23-54-28(3)44)24-55-29(4)45/h6,8-11,32H,7,12-25H2,1-5H3/b26-6+. The lowest BCUT2D eigenvalue weighted by Gasteiger charge is -2.26. The van der Waals surface area contributed by atoms with E-state index in [9.17, 15) is 33.6 Å². The first-order chi connectivity index (χ1) is 28.7. The van der Waals surface area contributed by atoms with Crippen LogP contribution in [0, 0.1) is 6.92 Å². The van der Waals surface area contributed by atoms with Crippen LogP contribution in [0.2, 0.25) is 0 Å². The summed E-state index contributed by atoms with van der Waals surface area (Å²) in [6.45, 7) is 8.94. The Labute approximate surface area is 347 Å². The van der Waals surface area contributed by atoms with E-state index >= 15 is 0 Å². The van der Waals surface area contributed by atoms with Crippen molar-refractivity contribution in [3.8, 4) is 17.2 Å². The van der Waals surface area contributed by atoms with Gasteiger partial charge in [-0.3, -0.25) is 28.9 Å². The van der Waals surface area contributed by atoms with Crippen molar-refractivity contribution in [1.82, 2.24) is 4.90 Å². The van der Waals surface area contributed by atoms with Crippen LogP contribution in [0.5, 0.6) is 17.2 Å². The summed E-state index contributed by atoms with van der Waals surface area (Å²) in [6, 6.07) is 6.00. The predicted octanol–water partition coefficient (Wildman–Crippen LogP) is 4.26. The van der Waals surface area contributed by atoms with E-state index in [-0.39, 0.29) is 75.1 Å². The van der Waals surface area contributed by atoms with E-state index in [0.29, 0.717) is 60.8 Å². The third-order valence-corrected chi connectivity index (χ3v) is 9.25. The number of morpholine rings is 1. The molecule has 0 amide bonds. The van der Waals surface area contributed by atoms with Crippen molar-refractivity contribution in [3.05, 3.63) is 63.7 Å². The smallest absolute Gasteiger partial charge is 0.496 e. The molecule has 60 heavy (non-hydrogen) atoms. The van der Waals surface area contributed by atoms with Gasteiger partial charge in [-0.05, 0) is 49.9 Å². The molecule has 1 fully saturated rings. The number of carbonyl (C=O) groups is 7. The van der Waals surface area contributed by atoms with E-state index < -0.39 is 42.1 Å². The topological polar surface area (TPSA) is 215 Å². The van der Waals surface area contributed by atoms with Crippen molar-refractivity contribution in [2.24, 2.45) is 0 Å². The molecule has 0 radical (unpaired) electrons. The summed E-state index contributed by atoms with van der Waals surface area (Å²) in [5, 5.41) is 0. The Bertz CT molecular complexity index is 1880. The zero-order chi connectivity index (χ0) is 43.6. The predicted molar refractivity (Wildman–Crippen MR) is 207 cm³/mol. The molecule has 0 bridgehead atoms. The Morgan fingerprint density at radius 3 is 2.10 bits per heavy atom. The van der Waals surface area contributed by atoms with Crippen molar-refractivity contribution in [3.63, 3.8) is 0 Å². The van der Waals surface area contributed by atoms with Gasteiger partial charge in [-0.1, -0.05) is 23.8 Å². The molecule has 0 aliphatic carbocycles. The summed E-state index contributed by atoms with van der Waals surface area (Å²) in [5.41, 5.74) is 3.07. The maximum Gasteiger partial charge on any atom is 0.514 e. The fraction of sp³-hybridized carbons (Fsp3) is 0.500. The van der Waals surface area contributed by atoms with E-state index in [0.717, 1.165) is 18.7 Å². The number of carbonyl (C=O) groups excluding carboxylic acids is 7. The second-order valence-corrected chi connectivity index (χ2v) is 13.8. The Balaban J connectivity index is 1.30. The lowest BCUT2D eigenvalue weighted by atomic mass is 9.94. The van der Waals surface area contributed by atoms with Gasteiger partial charge in [-0.25, -0.2) is 9.59 Å². The first-order valence-electron chi connectivity index (χ1n) is 19.3. The number of hydrogen-bond donors (Lipinski definition) is 0. The van der Waals surface area contributed by atoms with Crippen LogP contribution in [0.4, 0.5) is 4.79 Å². The molecule has 0 saturated carbocycles. The summed E-state index contributed by atoms with van der Waals surface area (Å²) < 4.78 is 52.9. The van der Waals surface area contributed by atoms with Gasteiger partial charge in [0.15, 0.2) is 11.9 Å². The second-order valence-electron chi connectivity index (χ2n) is 13.8. The molecule has 326 valence electrons. The van der Waals surface area contributed by atoms with Gasteiger partial charge in [-0.15, -0.1) is 0 Å². The van der Waals surface area contributed by atoms with Gasteiger partial charge in [0.25, 0.3) is 0 Å². The van der Waals surface area contributed by atoms with E-state index in [4.69, 9.17) is 47.4 Å². The van der Waals surface area contributed by atoms with Crippen LogP contribution < -0.4 is 14.2 Å². The Hall–Kier alpha value is -6.01. The number of cyclic esters (lactones) is 1. The molecule has 18 nitrogen and oxygen atoms in total. The maximum absolute atomic E-state index is 13.1. The van der Waals surface area contributed by atoms with Crippen LogP contribution in [-0.2, 0) is 76.8 Å². The quantitative estimate of drug-likeness (QED) is 0.0564. The molecule has 2 aliphatic rings. The summed E-state index contributed by atoms with van der Waals surface area (Å²) in [4.78, 5) is 87.5. The lowest BCUT2D eigenvalue weighted by molar-refractivity contribution is -0.165. The molecule has 0 unspecified atom stereocenters. The molecule has 0 atom stereocenters. The highest BCUT2D eigenvalue weighted by atomic mass is 16.7. The zero-order valence-electron chi connectivity index (χ0n) is 34.5. The number of nitrogens with zero attached hydrogens (tertiary/aromatic N) is 1. The minimum atomic E-state index is -1.10. The summed E-state index contributed by atoms with van der Waals surface area (Å²) >= 11 is 0. The molecular weight excluding hydrogens is 790 g/mol. The van der Waals surface area contributed by atoms with Crippen LogP contribution in [0.3, 0.4) is 0 Å². The number of hydrogen-bond acceptors (Lipinski definition) is 18. The molecule has 18 heteroatoms. The molecule has 2 aromatic rings. The van der Waals surface area contributed by atoms with Crippen LogP contribution in [0.1, 0.15) is 79.1 Å². The highest BCUT2D eigenvalue weighted by molar-refractivity contribution is 5.99. The largest absolute Gasteiger partial charge is 0.514 e. The Morgan fingerprint density at radius 2 is 1.45 bits per heavy atom. The molecule has 2 aromatic carbocycles. The molecule has 2 heterocycles. The van der Waals surface area contributed by atoms with Crippen LogP contribution in [-0.4, -0.2) is 113 Å². The first kappa shape index (κ1) is 46.7. The zero-order valence-corrected chi connectivity index (χ0v) is 34.5. The van der Waals surface area contributed by atoms with Gasteiger partial charge in [0.05, 0.1) is 33.2 Å². The highest BCUT2D eigenvalue weighted by Gasteiger charge is 2.34. The number of fused-ring (bicyclic) bond motifs is 1. The maximum atomic E-state index is 13.1. The van der Waals surface area contributed by atoms with Crippen molar-refractivity contribution >= 4 is 42.0 Å². The Kier molecular flexibility index (Phi) is 18.3. The van der Waals surface area contributed by atoms with E-state index in [1.165, 1.54) is 33.1 Å². The number of esters is 6. The van der Waals surface area contributed by atoms with Crippen molar-refractivity contribution in [1.29, 1.82) is 0 Å². The molecule has 1 saturated heterocycles. The molecular formula is C42H51NO17. The Morgan fingerprint density at radius 1 is 0.800 bits per heavy atom. The highest BCUT2D eigenvalue weighted by Crippen LogP contribution is 2.43. The molecule has 0 spiro atoms. The fourth-order valence-electron chi connectivity index (χ4n) is 6.06. The van der Waals surface area contributed by atoms with Gasteiger partial charge < -0.3 is 47.4 Å². The van der Waals surface area contributed by atoms with Gasteiger partial charge in [-0.2, -0.15) is 0 Å². The van der Waals surface area contributed by atoms with Crippen molar-refractivity contribution in [2.45, 2.75) is 79.1 Å². The number of allylic oxidation sites excluding steroid dienone is 2. The monoisotopic (exact) mass is 841 g/mol. The van der Waals surface area contributed by atoms with Gasteiger partial charge in [0.2, 0.25) is 0 Å². The minimum absolute atomic E-state index is 0.0265. The van der Waals surface area contributed by atoms with Crippen LogP contribution >= 0.6 is 0 Å². The molecule has 0 aromatic heterocycles. The average molecular weight is 842 g/mol. The first-order valence-corrected chi connectivity index (χ1v) is 19.3.